The fraction of sp³-hybridized carbons (Fsp3) is 0.323. The summed E-state index contributed by atoms with van der Waals surface area (Å²) in [7, 11) is 0. The summed E-state index contributed by atoms with van der Waals surface area (Å²) in [5, 5.41) is 21.9. The fourth-order valence-electron chi connectivity index (χ4n) is 5.25. The predicted molar refractivity (Wildman–Crippen MR) is 158 cm³/mol. The van der Waals surface area contributed by atoms with E-state index in [4.69, 9.17) is 10.5 Å². The summed E-state index contributed by atoms with van der Waals surface area (Å²) in [6.45, 7) is 3.32. The second-order valence-corrected chi connectivity index (χ2v) is 11.1. The third-order valence-corrected chi connectivity index (χ3v) is 7.46. The molecule has 0 spiro atoms. The number of ether oxygens (including phenoxy) is 1. The number of amides is 1. The van der Waals surface area contributed by atoms with Crippen molar-refractivity contribution in [2.75, 3.05) is 12.3 Å². The number of aliphatic hydroxyl groups excluding tert-OH is 1. The topological polar surface area (TPSA) is 161 Å². The van der Waals surface area contributed by atoms with Gasteiger partial charge in [0.2, 0.25) is 0 Å². The van der Waals surface area contributed by atoms with Gasteiger partial charge in [0.15, 0.2) is 11.5 Å². The van der Waals surface area contributed by atoms with Crippen LogP contribution in [0.25, 0.3) is 16.9 Å². The third kappa shape index (κ3) is 5.89. The molecule has 0 saturated heterocycles. The van der Waals surface area contributed by atoms with Gasteiger partial charge in [0.25, 0.3) is 5.91 Å². The first-order chi connectivity index (χ1) is 20.2. The van der Waals surface area contributed by atoms with Crippen LogP contribution in [-0.2, 0) is 4.79 Å². The molecular formula is C31H33N7O4. The maximum atomic E-state index is 13.9. The van der Waals surface area contributed by atoms with Crippen LogP contribution in [0.2, 0.25) is 0 Å². The molecule has 2 aromatic heterocycles. The van der Waals surface area contributed by atoms with Crippen molar-refractivity contribution in [3.63, 3.8) is 0 Å². The normalized spacial score (nSPS) is 17.5. The minimum atomic E-state index is -0.686. The molecule has 0 unspecified atom stereocenters. The van der Waals surface area contributed by atoms with E-state index in [0.29, 0.717) is 54.0 Å². The molecule has 1 aliphatic carbocycles. The van der Waals surface area contributed by atoms with Gasteiger partial charge in [-0.05, 0) is 62.1 Å². The molecule has 0 bridgehead atoms. The van der Waals surface area contributed by atoms with Gasteiger partial charge in [-0.25, -0.2) is 14.8 Å². The Morgan fingerprint density at radius 2 is 1.79 bits per heavy atom. The van der Waals surface area contributed by atoms with Crippen molar-refractivity contribution >= 4 is 22.9 Å². The van der Waals surface area contributed by atoms with Gasteiger partial charge in [-0.3, -0.25) is 13.9 Å². The molecule has 0 atom stereocenters. The number of nitrogens with zero attached hydrogens (tertiary/aromatic N) is 5. The number of imidazole rings is 1. The summed E-state index contributed by atoms with van der Waals surface area (Å²) in [6.07, 6.45) is 5.31. The van der Waals surface area contributed by atoms with Gasteiger partial charge in [-0.15, -0.1) is 0 Å². The van der Waals surface area contributed by atoms with Crippen LogP contribution >= 0.6 is 0 Å². The molecule has 0 radical (unpaired) electrons. The number of nitrogens with two attached hydrogens (primary N) is 1. The molecule has 1 saturated carbocycles. The first kappa shape index (κ1) is 28.6. The Hall–Kier alpha value is -4.95. The number of anilines is 1. The van der Waals surface area contributed by atoms with Gasteiger partial charge in [-0.1, -0.05) is 38.1 Å². The minimum Gasteiger partial charge on any atom is -0.457 e. The van der Waals surface area contributed by atoms with E-state index >= 15 is 0 Å². The molecule has 1 fully saturated rings. The Kier molecular flexibility index (Phi) is 8.08. The lowest BCUT2D eigenvalue weighted by Gasteiger charge is -2.29. The number of nitrogen functional groups attached to an aromatic ring is 1. The number of para-hydroxylation sites is 1. The van der Waals surface area contributed by atoms with Crippen molar-refractivity contribution in [1.29, 1.82) is 5.26 Å². The Bertz CT molecular complexity index is 1710. The van der Waals surface area contributed by atoms with Crippen molar-refractivity contribution in [3.8, 4) is 23.3 Å². The summed E-state index contributed by atoms with van der Waals surface area (Å²) in [4.78, 5) is 35.2. The Morgan fingerprint density at radius 3 is 2.43 bits per heavy atom. The Balaban J connectivity index is 1.37. The zero-order valence-electron chi connectivity index (χ0n) is 23.5. The number of aliphatic hydroxyl groups is 1. The lowest BCUT2D eigenvalue weighted by molar-refractivity contribution is -0.118. The fourth-order valence-corrected chi connectivity index (χ4v) is 5.25. The highest BCUT2D eigenvalue weighted by Gasteiger charge is 2.30. The van der Waals surface area contributed by atoms with Gasteiger partial charge in [-0.2, -0.15) is 5.26 Å². The van der Waals surface area contributed by atoms with Crippen LogP contribution in [0.5, 0.6) is 11.5 Å². The molecule has 216 valence electrons. The second kappa shape index (κ2) is 11.9. The van der Waals surface area contributed by atoms with Crippen LogP contribution < -0.4 is 21.5 Å². The van der Waals surface area contributed by atoms with Gasteiger partial charge < -0.3 is 20.9 Å². The van der Waals surface area contributed by atoms with Gasteiger partial charge in [0.05, 0.1) is 12.3 Å². The third-order valence-electron chi connectivity index (χ3n) is 7.46. The van der Waals surface area contributed by atoms with Crippen molar-refractivity contribution in [2.45, 2.75) is 51.6 Å². The summed E-state index contributed by atoms with van der Waals surface area (Å²) >= 11 is 0. The summed E-state index contributed by atoms with van der Waals surface area (Å²) < 4.78 is 9.09. The molecule has 2 aromatic carbocycles. The standard InChI is InChI=1S/C31H33N7O4/c1-31(2,18-39)16-20(17-32)29(40)36-21-8-10-23(11-9-21)38-28-26(27(33)34-19-35-28)37(30(38)41)22-12-14-25(15-13-22)42-24-6-4-3-5-7-24/h3-7,12-16,19,21,23,39H,8-11,18H2,1-2H3,(H,36,40)(H2,33,34,35). The number of nitrogens with one attached hydrogen (secondary N) is 1. The molecule has 11 nitrogen and oxygen atoms in total. The molecular weight excluding hydrogens is 534 g/mol. The van der Waals surface area contributed by atoms with Gasteiger partial charge in [0, 0.05) is 17.5 Å². The summed E-state index contributed by atoms with van der Waals surface area (Å²) in [5.74, 6) is 1.07. The highest BCUT2D eigenvalue weighted by Crippen LogP contribution is 2.32. The van der Waals surface area contributed by atoms with Crippen LogP contribution in [0.15, 0.2) is 77.4 Å². The zero-order valence-corrected chi connectivity index (χ0v) is 23.5. The van der Waals surface area contributed by atoms with Crippen LogP contribution in [-0.4, -0.2) is 42.8 Å². The van der Waals surface area contributed by atoms with E-state index in [9.17, 15) is 20.0 Å². The van der Waals surface area contributed by atoms with Crippen LogP contribution in [0.1, 0.15) is 45.6 Å². The zero-order chi connectivity index (χ0) is 29.9. The monoisotopic (exact) mass is 567 g/mol. The summed E-state index contributed by atoms with van der Waals surface area (Å²) in [6, 6.07) is 18.2. The first-order valence-electron chi connectivity index (χ1n) is 13.8. The SMILES string of the molecule is CC(C)(C=C(C#N)C(=O)NC1CCC(n2c(=O)n(-c3ccc(Oc4ccccc4)cc3)c3c(N)ncnc32)CC1)CO. The number of rotatable bonds is 8. The van der Waals surface area contributed by atoms with Gasteiger partial charge >= 0.3 is 5.69 Å². The number of carbonyl (C=O) groups excluding carboxylic acids is 1. The average molecular weight is 568 g/mol. The number of hydrogen-bond donors (Lipinski definition) is 3. The number of fused-ring (bicyclic) bond motifs is 1. The highest BCUT2D eigenvalue weighted by atomic mass is 16.5. The van der Waals surface area contributed by atoms with Crippen molar-refractivity contribution in [3.05, 3.63) is 83.1 Å². The molecule has 42 heavy (non-hydrogen) atoms. The molecule has 11 heteroatoms. The molecule has 2 heterocycles. The van der Waals surface area contributed by atoms with Crippen LogP contribution in [0.3, 0.4) is 0 Å². The minimum absolute atomic E-state index is 0.0252. The number of benzene rings is 2. The maximum absolute atomic E-state index is 13.9. The summed E-state index contributed by atoms with van der Waals surface area (Å²) in [5.41, 5.74) is 6.77. The maximum Gasteiger partial charge on any atom is 0.335 e. The molecule has 4 N–H and O–H groups in total. The van der Waals surface area contributed by atoms with Crippen molar-refractivity contribution in [2.24, 2.45) is 5.41 Å². The average Bonchev–Trinajstić information content (AvgIpc) is 3.30. The molecule has 1 aliphatic rings. The number of hydrogen-bond acceptors (Lipinski definition) is 8. The van der Waals surface area contributed by atoms with E-state index in [1.165, 1.54) is 17.0 Å². The smallest absolute Gasteiger partial charge is 0.335 e. The molecule has 0 aliphatic heterocycles. The van der Waals surface area contributed by atoms with Gasteiger partial charge in [0.1, 0.15) is 35.0 Å². The lowest BCUT2D eigenvalue weighted by atomic mass is 9.90. The van der Waals surface area contributed by atoms with E-state index in [1.807, 2.05) is 36.4 Å². The first-order valence-corrected chi connectivity index (χ1v) is 13.8. The quantitative estimate of drug-likeness (QED) is 0.212. The van der Waals surface area contributed by atoms with E-state index in [2.05, 4.69) is 15.3 Å². The second-order valence-electron chi connectivity index (χ2n) is 11.1. The van der Waals surface area contributed by atoms with E-state index in [-0.39, 0.29) is 35.8 Å². The number of carbonyl (C=O) groups is 1. The van der Waals surface area contributed by atoms with E-state index < -0.39 is 11.3 Å². The Labute approximate surface area is 242 Å². The van der Waals surface area contributed by atoms with Crippen molar-refractivity contribution in [1.82, 2.24) is 24.4 Å². The van der Waals surface area contributed by atoms with Crippen molar-refractivity contribution < 1.29 is 14.6 Å². The molecule has 4 aromatic rings. The largest absolute Gasteiger partial charge is 0.457 e. The highest BCUT2D eigenvalue weighted by molar-refractivity contribution is 5.97. The van der Waals surface area contributed by atoms with Crippen LogP contribution in [0, 0.1) is 16.7 Å². The van der Waals surface area contributed by atoms with E-state index in [0.717, 1.165) is 0 Å². The number of nitriles is 1. The lowest BCUT2D eigenvalue weighted by Crippen LogP contribution is -2.40. The number of aromatic nitrogens is 4. The molecule has 1 amide bonds. The van der Waals surface area contributed by atoms with E-state index in [1.54, 1.807) is 42.7 Å². The predicted octanol–water partition coefficient (Wildman–Crippen LogP) is 4.03. The Morgan fingerprint density at radius 1 is 1.12 bits per heavy atom. The molecule has 5 rings (SSSR count). The van der Waals surface area contributed by atoms with Crippen LogP contribution in [0.4, 0.5) is 5.82 Å².